The van der Waals surface area contributed by atoms with Gasteiger partial charge in [-0.1, -0.05) is 0 Å². The van der Waals surface area contributed by atoms with Gasteiger partial charge in [-0.05, 0) is 20.3 Å². The first kappa shape index (κ1) is 16.1. The molecule has 102 valence electrons. The fourth-order valence-electron chi connectivity index (χ4n) is 0.992. The quantitative estimate of drug-likeness (QED) is 0.425. The largest absolute Gasteiger partial charge is 0.466 e. The molecule has 0 atom stereocenters. The van der Waals surface area contributed by atoms with E-state index >= 15 is 0 Å². The van der Waals surface area contributed by atoms with E-state index in [1.165, 1.54) is 0 Å². The molecule has 0 aliphatic carbocycles. The lowest BCUT2D eigenvalue weighted by Gasteiger charge is -1.95. The lowest BCUT2D eigenvalue weighted by Crippen LogP contribution is -2.03. The highest BCUT2D eigenvalue weighted by Crippen LogP contribution is 2.01. The van der Waals surface area contributed by atoms with Gasteiger partial charge in [0.2, 0.25) is 0 Å². The Hall–Kier alpha value is -1.85. The van der Waals surface area contributed by atoms with Crippen LogP contribution < -0.4 is 0 Å². The van der Waals surface area contributed by atoms with Crippen molar-refractivity contribution in [3.63, 3.8) is 0 Å². The number of carbonyl (C=O) groups excluding carboxylic acids is 3. The van der Waals surface area contributed by atoms with Crippen LogP contribution in [0.1, 0.15) is 26.7 Å². The van der Waals surface area contributed by atoms with Gasteiger partial charge in [-0.15, -0.1) is 0 Å². The van der Waals surface area contributed by atoms with Crippen molar-refractivity contribution < 1.29 is 28.6 Å². The Balaban J connectivity index is 0.000000397. The van der Waals surface area contributed by atoms with E-state index in [1.807, 2.05) is 0 Å². The summed E-state index contributed by atoms with van der Waals surface area (Å²) < 4.78 is 13.6. The Bertz CT molecular complexity index is 280. The molecule has 6 nitrogen and oxygen atoms in total. The van der Waals surface area contributed by atoms with Crippen LogP contribution in [0.5, 0.6) is 0 Å². The van der Waals surface area contributed by atoms with Crippen molar-refractivity contribution in [1.82, 2.24) is 0 Å². The first-order valence-electron chi connectivity index (χ1n) is 5.77. The van der Waals surface area contributed by atoms with Crippen molar-refractivity contribution in [3.8, 4) is 0 Å². The molecule has 0 spiro atoms. The van der Waals surface area contributed by atoms with Crippen LogP contribution in [0.15, 0.2) is 12.2 Å². The molecular formula is C12H18O6. The summed E-state index contributed by atoms with van der Waals surface area (Å²) in [7, 11) is 0. The van der Waals surface area contributed by atoms with Gasteiger partial charge < -0.3 is 14.2 Å². The summed E-state index contributed by atoms with van der Waals surface area (Å²) in [6, 6.07) is 0. The van der Waals surface area contributed by atoms with Crippen LogP contribution in [0.25, 0.3) is 0 Å². The number of rotatable bonds is 4. The van der Waals surface area contributed by atoms with Crippen LogP contribution in [-0.4, -0.2) is 37.7 Å². The molecule has 1 heterocycles. The molecule has 1 fully saturated rings. The third kappa shape index (κ3) is 9.38. The molecule has 0 amide bonds. The van der Waals surface area contributed by atoms with E-state index in [-0.39, 0.29) is 5.97 Å². The molecule has 0 aromatic rings. The van der Waals surface area contributed by atoms with Crippen LogP contribution in [0, 0.1) is 0 Å². The number of cyclic esters (lactones) is 1. The van der Waals surface area contributed by atoms with Gasteiger partial charge in [0, 0.05) is 18.6 Å². The summed E-state index contributed by atoms with van der Waals surface area (Å²) in [6.45, 7) is 4.61. The SMILES string of the molecule is CCOC(=O)/C=C\C(=O)OCC.O=C1CCCO1. The molecule has 0 bridgehead atoms. The molecule has 1 saturated heterocycles. The smallest absolute Gasteiger partial charge is 0.330 e. The summed E-state index contributed by atoms with van der Waals surface area (Å²) in [5.41, 5.74) is 0. The van der Waals surface area contributed by atoms with Gasteiger partial charge in [0.1, 0.15) is 0 Å². The molecule has 0 N–H and O–H groups in total. The minimum atomic E-state index is -0.537. The number of ether oxygens (including phenoxy) is 3. The summed E-state index contributed by atoms with van der Waals surface area (Å²) in [4.78, 5) is 31.3. The Labute approximate surface area is 106 Å². The lowest BCUT2D eigenvalue weighted by atomic mass is 10.4. The topological polar surface area (TPSA) is 78.9 Å². The summed E-state index contributed by atoms with van der Waals surface area (Å²) in [6.07, 6.45) is 3.63. The normalized spacial score (nSPS) is 13.6. The molecule has 1 aliphatic rings. The summed E-state index contributed by atoms with van der Waals surface area (Å²) in [5, 5.41) is 0. The predicted octanol–water partition coefficient (Wildman–Crippen LogP) is 0.992. The first-order chi connectivity index (χ1) is 8.60. The molecule has 0 radical (unpaired) electrons. The van der Waals surface area contributed by atoms with E-state index in [1.54, 1.807) is 13.8 Å². The zero-order valence-electron chi connectivity index (χ0n) is 10.6. The first-order valence-corrected chi connectivity index (χ1v) is 5.77. The maximum atomic E-state index is 10.6. The van der Waals surface area contributed by atoms with Gasteiger partial charge in [0.15, 0.2) is 0 Å². The third-order valence-electron chi connectivity index (χ3n) is 1.72. The summed E-state index contributed by atoms with van der Waals surface area (Å²) >= 11 is 0. The number of esters is 3. The highest BCUT2D eigenvalue weighted by molar-refractivity contribution is 5.91. The Kier molecular flexibility index (Phi) is 9.25. The maximum Gasteiger partial charge on any atom is 0.330 e. The van der Waals surface area contributed by atoms with E-state index in [9.17, 15) is 14.4 Å². The van der Waals surface area contributed by atoms with Gasteiger partial charge in [-0.25, -0.2) is 9.59 Å². The van der Waals surface area contributed by atoms with E-state index in [0.717, 1.165) is 18.6 Å². The number of hydrogen-bond donors (Lipinski definition) is 0. The highest BCUT2D eigenvalue weighted by Gasteiger charge is 2.08. The second-order valence-corrected chi connectivity index (χ2v) is 3.16. The standard InChI is InChI=1S/C8H12O4.C4H6O2/c1-3-11-7(9)5-6-8(10)12-4-2;5-4-2-1-3-6-4/h5-6H,3-4H2,1-2H3;1-3H2/b6-5-;. The zero-order chi connectivity index (χ0) is 13.8. The molecule has 18 heavy (non-hydrogen) atoms. The van der Waals surface area contributed by atoms with E-state index in [0.29, 0.717) is 26.2 Å². The lowest BCUT2D eigenvalue weighted by molar-refractivity contribution is -0.140. The maximum absolute atomic E-state index is 10.6. The minimum absolute atomic E-state index is 0.0463. The fourth-order valence-corrected chi connectivity index (χ4v) is 0.992. The van der Waals surface area contributed by atoms with Crippen molar-refractivity contribution in [3.05, 3.63) is 12.2 Å². The minimum Gasteiger partial charge on any atom is -0.466 e. The van der Waals surface area contributed by atoms with Crippen molar-refractivity contribution in [2.45, 2.75) is 26.7 Å². The number of carbonyl (C=O) groups is 3. The van der Waals surface area contributed by atoms with Crippen LogP contribution >= 0.6 is 0 Å². The van der Waals surface area contributed by atoms with E-state index in [2.05, 4.69) is 14.2 Å². The highest BCUT2D eigenvalue weighted by atomic mass is 16.5. The average Bonchev–Trinajstić information content (AvgIpc) is 2.79. The van der Waals surface area contributed by atoms with Crippen LogP contribution in [0.3, 0.4) is 0 Å². The van der Waals surface area contributed by atoms with Crippen LogP contribution in [-0.2, 0) is 28.6 Å². The van der Waals surface area contributed by atoms with Gasteiger partial charge >= 0.3 is 17.9 Å². The molecule has 1 rings (SSSR count). The van der Waals surface area contributed by atoms with Gasteiger partial charge in [-0.3, -0.25) is 4.79 Å². The third-order valence-corrected chi connectivity index (χ3v) is 1.72. The Morgan fingerprint density at radius 3 is 1.89 bits per heavy atom. The summed E-state index contributed by atoms with van der Waals surface area (Å²) in [5.74, 6) is -1.12. The van der Waals surface area contributed by atoms with Crippen LogP contribution in [0.2, 0.25) is 0 Å². The van der Waals surface area contributed by atoms with Crippen molar-refractivity contribution >= 4 is 17.9 Å². The average molecular weight is 258 g/mol. The van der Waals surface area contributed by atoms with Crippen LogP contribution in [0.4, 0.5) is 0 Å². The molecule has 1 aliphatic heterocycles. The number of hydrogen-bond acceptors (Lipinski definition) is 6. The molecule has 0 unspecified atom stereocenters. The Morgan fingerprint density at radius 2 is 1.67 bits per heavy atom. The Morgan fingerprint density at radius 1 is 1.17 bits per heavy atom. The van der Waals surface area contributed by atoms with Gasteiger partial charge in [-0.2, -0.15) is 0 Å². The molecule has 0 saturated carbocycles. The molecule has 0 aromatic carbocycles. The van der Waals surface area contributed by atoms with Crippen molar-refractivity contribution in [2.75, 3.05) is 19.8 Å². The monoisotopic (exact) mass is 258 g/mol. The van der Waals surface area contributed by atoms with Crippen molar-refractivity contribution in [2.24, 2.45) is 0 Å². The molecule has 0 aromatic heterocycles. The predicted molar refractivity (Wildman–Crippen MR) is 62.6 cm³/mol. The molecular weight excluding hydrogens is 240 g/mol. The molecule has 6 heteroatoms. The zero-order valence-corrected chi connectivity index (χ0v) is 10.6. The van der Waals surface area contributed by atoms with Gasteiger partial charge in [0.25, 0.3) is 0 Å². The second-order valence-electron chi connectivity index (χ2n) is 3.16. The van der Waals surface area contributed by atoms with E-state index in [4.69, 9.17) is 0 Å². The fraction of sp³-hybridized carbons (Fsp3) is 0.583. The van der Waals surface area contributed by atoms with E-state index < -0.39 is 11.9 Å². The second kappa shape index (κ2) is 10.3. The van der Waals surface area contributed by atoms with Gasteiger partial charge in [0.05, 0.1) is 19.8 Å². The van der Waals surface area contributed by atoms with Crippen molar-refractivity contribution in [1.29, 1.82) is 0 Å².